The summed E-state index contributed by atoms with van der Waals surface area (Å²) in [6.45, 7) is 6.01. The molecule has 0 bridgehead atoms. The van der Waals surface area contributed by atoms with Gasteiger partial charge in [0.2, 0.25) is 0 Å². The maximum Gasteiger partial charge on any atom is 0.138 e. The van der Waals surface area contributed by atoms with Crippen molar-refractivity contribution in [2.45, 2.75) is 6.54 Å². The van der Waals surface area contributed by atoms with Crippen molar-refractivity contribution in [3.63, 3.8) is 0 Å². The Morgan fingerprint density at radius 2 is 1.85 bits per heavy atom. The molecule has 1 aliphatic rings. The molecule has 5 heteroatoms. The summed E-state index contributed by atoms with van der Waals surface area (Å²) in [7, 11) is 0. The van der Waals surface area contributed by atoms with E-state index in [2.05, 4.69) is 19.4 Å². The van der Waals surface area contributed by atoms with Crippen LogP contribution in [0.25, 0.3) is 0 Å². The molecule has 0 spiro atoms. The average molecular weight is 272 g/mol. The van der Waals surface area contributed by atoms with Gasteiger partial charge in [0, 0.05) is 51.7 Å². The number of aromatic hydroxyl groups is 1. The number of nitrogens with zero attached hydrogens (tertiary/aromatic N) is 4. The third kappa shape index (κ3) is 2.93. The molecular weight excluding hydrogens is 252 g/mol. The summed E-state index contributed by atoms with van der Waals surface area (Å²) in [6, 6.07) is 7.57. The Bertz CT molecular complexity index is 533. The molecule has 1 aromatic heterocycles. The van der Waals surface area contributed by atoms with Crippen molar-refractivity contribution < 1.29 is 5.11 Å². The molecule has 0 radical (unpaired) electrons. The van der Waals surface area contributed by atoms with Crippen LogP contribution in [0, 0.1) is 0 Å². The summed E-state index contributed by atoms with van der Waals surface area (Å²) < 4.78 is 2.11. The van der Waals surface area contributed by atoms with E-state index in [4.69, 9.17) is 0 Å². The van der Waals surface area contributed by atoms with Gasteiger partial charge in [0.15, 0.2) is 0 Å². The van der Waals surface area contributed by atoms with E-state index < -0.39 is 0 Å². The highest BCUT2D eigenvalue weighted by molar-refractivity contribution is 5.57. The number of hydrogen-bond acceptors (Lipinski definition) is 4. The van der Waals surface area contributed by atoms with Crippen LogP contribution in [-0.2, 0) is 6.54 Å². The first-order chi connectivity index (χ1) is 9.83. The third-order valence-electron chi connectivity index (χ3n) is 3.83. The summed E-state index contributed by atoms with van der Waals surface area (Å²) >= 11 is 0. The summed E-state index contributed by atoms with van der Waals surface area (Å²) in [5.74, 6) is 0.374. The number of rotatable bonds is 4. The Morgan fingerprint density at radius 3 is 2.55 bits per heavy atom. The van der Waals surface area contributed by atoms with Crippen molar-refractivity contribution in [1.82, 2.24) is 14.5 Å². The van der Waals surface area contributed by atoms with Crippen molar-refractivity contribution in [2.75, 3.05) is 37.6 Å². The zero-order valence-electron chi connectivity index (χ0n) is 11.5. The van der Waals surface area contributed by atoms with Gasteiger partial charge in [-0.25, -0.2) is 4.98 Å². The summed E-state index contributed by atoms with van der Waals surface area (Å²) in [6.07, 6.45) is 5.67. The number of piperazine rings is 1. The zero-order valence-corrected chi connectivity index (χ0v) is 11.5. The number of phenols is 1. The van der Waals surface area contributed by atoms with Crippen LogP contribution in [0.15, 0.2) is 43.0 Å². The van der Waals surface area contributed by atoms with Gasteiger partial charge in [-0.2, -0.15) is 0 Å². The normalized spacial score (nSPS) is 16.5. The SMILES string of the molecule is Oc1ccccc1N1CCN(CCn2ccnc2)CC1. The summed E-state index contributed by atoms with van der Waals surface area (Å²) in [5, 5.41) is 9.89. The molecule has 5 nitrogen and oxygen atoms in total. The van der Waals surface area contributed by atoms with Crippen LogP contribution in [0.3, 0.4) is 0 Å². The number of anilines is 1. The molecule has 106 valence electrons. The number of benzene rings is 1. The van der Waals surface area contributed by atoms with E-state index in [1.807, 2.05) is 36.9 Å². The van der Waals surface area contributed by atoms with E-state index in [0.717, 1.165) is 45.0 Å². The number of hydrogen-bond donors (Lipinski definition) is 1. The van der Waals surface area contributed by atoms with Gasteiger partial charge < -0.3 is 14.6 Å². The highest BCUT2D eigenvalue weighted by Crippen LogP contribution is 2.27. The first-order valence-corrected chi connectivity index (χ1v) is 7.04. The molecule has 2 heterocycles. The molecule has 3 rings (SSSR count). The van der Waals surface area contributed by atoms with Gasteiger partial charge in [-0.1, -0.05) is 12.1 Å². The quantitative estimate of drug-likeness (QED) is 0.914. The molecule has 1 aliphatic heterocycles. The standard InChI is InChI=1S/C15H20N4O/c20-15-4-2-1-3-14(15)19-11-9-17(10-12-19)7-8-18-6-5-16-13-18/h1-6,13,20H,7-12H2. The van der Waals surface area contributed by atoms with Gasteiger partial charge in [-0.15, -0.1) is 0 Å². The fraction of sp³-hybridized carbons (Fsp3) is 0.400. The smallest absolute Gasteiger partial charge is 0.138 e. The molecule has 2 aromatic rings. The first-order valence-electron chi connectivity index (χ1n) is 7.04. The number of imidazole rings is 1. The topological polar surface area (TPSA) is 44.5 Å². The number of para-hydroxylation sites is 2. The van der Waals surface area contributed by atoms with Crippen LogP contribution in [0.5, 0.6) is 5.75 Å². The van der Waals surface area contributed by atoms with E-state index in [0.29, 0.717) is 5.75 Å². The van der Waals surface area contributed by atoms with Gasteiger partial charge >= 0.3 is 0 Å². The minimum atomic E-state index is 0.374. The van der Waals surface area contributed by atoms with Gasteiger partial charge in [0.25, 0.3) is 0 Å². The minimum Gasteiger partial charge on any atom is -0.506 e. The molecule has 1 saturated heterocycles. The maximum absolute atomic E-state index is 9.89. The molecule has 20 heavy (non-hydrogen) atoms. The van der Waals surface area contributed by atoms with Gasteiger partial charge in [0.05, 0.1) is 12.0 Å². The minimum absolute atomic E-state index is 0.374. The fourth-order valence-electron chi connectivity index (χ4n) is 2.62. The Kier molecular flexibility index (Phi) is 3.87. The Balaban J connectivity index is 1.51. The Morgan fingerprint density at radius 1 is 1.05 bits per heavy atom. The number of phenolic OH excluding ortho intramolecular Hbond substituents is 1. The van der Waals surface area contributed by atoms with E-state index in [1.165, 1.54) is 0 Å². The molecule has 0 saturated carbocycles. The lowest BCUT2D eigenvalue weighted by atomic mass is 10.2. The second-order valence-corrected chi connectivity index (χ2v) is 5.12. The van der Waals surface area contributed by atoms with Crippen molar-refractivity contribution in [3.05, 3.63) is 43.0 Å². The predicted octanol–water partition coefficient (Wildman–Crippen LogP) is 1.41. The van der Waals surface area contributed by atoms with Crippen LogP contribution in [-0.4, -0.2) is 52.3 Å². The third-order valence-corrected chi connectivity index (χ3v) is 3.83. The van der Waals surface area contributed by atoms with Gasteiger partial charge in [-0.3, -0.25) is 4.90 Å². The molecule has 1 N–H and O–H groups in total. The van der Waals surface area contributed by atoms with Crippen LogP contribution in [0.2, 0.25) is 0 Å². The fourth-order valence-corrected chi connectivity index (χ4v) is 2.62. The second kappa shape index (κ2) is 5.96. The summed E-state index contributed by atoms with van der Waals surface area (Å²) in [4.78, 5) is 8.76. The van der Waals surface area contributed by atoms with Crippen molar-refractivity contribution in [2.24, 2.45) is 0 Å². The predicted molar refractivity (Wildman–Crippen MR) is 79.0 cm³/mol. The molecule has 1 aromatic carbocycles. The second-order valence-electron chi connectivity index (χ2n) is 5.12. The van der Waals surface area contributed by atoms with Crippen molar-refractivity contribution in [3.8, 4) is 5.75 Å². The van der Waals surface area contributed by atoms with Crippen LogP contribution >= 0.6 is 0 Å². The van der Waals surface area contributed by atoms with E-state index in [-0.39, 0.29) is 0 Å². The number of aromatic nitrogens is 2. The molecule has 0 aliphatic carbocycles. The van der Waals surface area contributed by atoms with Gasteiger partial charge in [0.1, 0.15) is 5.75 Å². The summed E-state index contributed by atoms with van der Waals surface area (Å²) in [5.41, 5.74) is 0.946. The average Bonchev–Trinajstić information content (AvgIpc) is 3.00. The van der Waals surface area contributed by atoms with Crippen molar-refractivity contribution >= 4 is 5.69 Å². The largest absolute Gasteiger partial charge is 0.506 e. The van der Waals surface area contributed by atoms with Crippen LogP contribution in [0.1, 0.15) is 0 Å². The molecule has 0 unspecified atom stereocenters. The van der Waals surface area contributed by atoms with Crippen LogP contribution < -0.4 is 4.90 Å². The molecule has 0 atom stereocenters. The lowest BCUT2D eigenvalue weighted by Gasteiger charge is -2.36. The lowest BCUT2D eigenvalue weighted by Crippen LogP contribution is -2.47. The van der Waals surface area contributed by atoms with Crippen LogP contribution in [0.4, 0.5) is 5.69 Å². The van der Waals surface area contributed by atoms with E-state index in [9.17, 15) is 5.11 Å². The Hall–Kier alpha value is -2.01. The highest BCUT2D eigenvalue weighted by Gasteiger charge is 2.18. The van der Waals surface area contributed by atoms with Gasteiger partial charge in [-0.05, 0) is 12.1 Å². The first kappa shape index (κ1) is 13.0. The zero-order chi connectivity index (χ0) is 13.8. The Labute approximate surface area is 119 Å². The molecule has 0 amide bonds. The monoisotopic (exact) mass is 272 g/mol. The molecule has 1 fully saturated rings. The van der Waals surface area contributed by atoms with E-state index >= 15 is 0 Å². The lowest BCUT2D eigenvalue weighted by molar-refractivity contribution is 0.247. The molecular formula is C15H20N4O. The maximum atomic E-state index is 9.89. The van der Waals surface area contributed by atoms with E-state index in [1.54, 1.807) is 6.07 Å². The highest BCUT2D eigenvalue weighted by atomic mass is 16.3. The van der Waals surface area contributed by atoms with Crippen molar-refractivity contribution in [1.29, 1.82) is 0 Å².